The highest BCUT2D eigenvalue weighted by molar-refractivity contribution is 7.99. The molecule has 1 aromatic heterocycles. The number of thioether (sulfide) groups is 1. The molecule has 1 aromatic carbocycles. The fourth-order valence-electron chi connectivity index (χ4n) is 2.18. The Balaban J connectivity index is 2.29. The van der Waals surface area contributed by atoms with Crippen molar-refractivity contribution in [2.75, 3.05) is 5.75 Å². The largest absolute Gasteiger partial charge is 0.342 e. The maximum atomic E-state index is 2.44. The van der Waals surface area contributed by atoms with Gasteiger partial charge < -0.3 is 4.57 Å². The summed E-state index contributed by atoms with van der Waals surface area (Å²) < 4.78 is 2.44. The Morgan fingerprint density at radius 1 is 1.12 bits per heavy atom. The summed E-state index contributed by atoms with van der Waals surface area (Å²) in [6.45, 7) is 5.64. The van der Waals surface area contributed by atoms with Crippen molar-refractivity contribution < 1.29 is 0 Å². The molecule has 2 heteroatoms. The summed E-state index contributed by atoms with van der Waals surface area (Å²) in [5.41, 5.74) is 0. The Bertz CT molecular complexity index is 473. The average molecular weight is 247 g/mol. The van der Waals surface area contributed by atoms with Crippen LogP contribution >= 0.6 is 11.8 Å². The molecule has 0 atom stereocenters. The van der Waals surface area contributed by atoms with Gasteiger partial charge in [0.2, 0.25) is 0 Å². The zero-order chi connectivity index (χ0) is 12.1. The molecule has 0 fully saturated rings. The van der Waals surface area contributed by atoms with E-state index in [-0.39, 0.29) is 0 Å². The van der Waals surface area contributed by atoms with Crippen molar-refractivity contribution in [3.63, 3.8) is 0 Å². The van der Waals surface area contributed by atoms with Crippen molar-refractivity contribution in [1.82, 2.24) is 4.57 Å². The van der Waals surface area contributed by atoms with Crippen LogP contribution < -0.4 is 0 Å². The number of aromatic nitrogens is 1. The van der Waals surface area contributed by atoms with E-state index in [4.69, 9.17) is 0 Å². The number of rotatable bonds is 6. The van der Waals surface area contributed by atoms with Gasteiger partial charge in [0.15, 0.2) is 0 Å². The van der Waals surface area contributed by atoms with Crippen LogP contribution in [0.15, 0.2) is 35.5 Å². The first-order chi connectivity index (χ1) is 8.36. The molecule has 0 bridgehead atoms. The minimum Gasteiger partial charge on any atom is -0.342 e. The molecule has 0 unspecified atom stereocenters. The van der Waals surface area contributed by atoms with Gasteiger partial charge >= 0.3 is 0 Å². The lowest BCUT2D eigenvalue weighted by molar-refractivity contribution is 0.578. The molecule has 92 valence electrons. The molecule has 2 aromatic rings. The summed E-state index contributed by atoms with van der Waals surface area (Å²) in [5.74, 6) is 1.14. The highest BCUT2D eigenvalue weighted by atomic mass is 32.2. The molecule has 1 heterocycles. The van der Waals surface area contributed by atoms with E-state index in [0.29, 0.717) is 0 Å². The van der Waals surface area contributed by atoms with Crippen LogP contribution in [0.25, 0.3) is 10.8 Å². The van der Waals surface area contributed by atoms with Crippen molar-refractivity contribution in [2.45, 2.75) is 44.7 Å². The molecule has 0 aliphatic carbocycles. The third-order valence-electron chi connectivity index (χ3n) is 3.03. The molecule has 17 heavy (non-hydrogen) atoms. The van der Waals surface area contributed by atoms with Gasteiger partial charge in [-0.05, 0) is 12.2 Å². The van der Waals surface area contributed by atoms with Crippen LogP contribution in [0.3, 0.4) is 0 Å². The molecular weight excluding hydrogens is 226 g/mol. The normalized spacial score (nSPS) is 11.2. The first-order valence-electron chi connectivity index (χ1n) is 6.57. The van der Waals surface area contributed by atoms with Crippen LogP contribution in [0.2, 0.25) is 0 Å². The van der Waals surface area contributed by atoms with Crippen LogP contribution in [-0.4, -0.2) is 10.3 Å². The maximum Gasteiger partial charge on any atom is 0.0827 e. The van der Waals surface area contributed by atoms with E-state index in [2.05, 4.69) is 48.9 Å². The van der Waals surface area contributed by atoms with E-state index in [9.17, 15) is 0 Å². The quantitative estimate of drug-likeness (QED) is 0.517. The zero-order valence-corrected chi connectivity index (χ0v) is 11.6. The number of aryl methyl sites for hydroxylation is 1. The van der Waals surface area contributed by atoms with Crippen molar-refractivity contribution in [3.8, 4) is 0 Å². The second kappa shape index (κ2) is 6.15. The molecule has 0 saturated heterocycles. The van der Waals surface area contributed by atoms with Gasteiger partial charge in [-0.15, -0.1) is 11.8 Å². The monoisotopic (exact) mass is 247 g/mol. The van der Waals surface area contributed by atoms with Crippen molar-refractivity contribution in [3.05, 3.63) is 30.5 Å². The van der Waals surface area contributed by atoms with Crippen molar-refractivity contribution in [1.29, 1.82) is 0 Å². The summed E-state index contributed by atoms with van der Waals surface area (Å²) >= 11 is 1.96. The lowest BCUT2D eigenvalue weighted by Gasteiger charge is -2.07. The first kappa shape index (κ1) is 12.6. The van der Waals surface area contributed by atoms with E-state index in [0.717, 1.165) is 12.3 Å². The lowest BCUT2D eigenvalue weighted by Crippen LogP contribution is -1.97. The van der Waals surface area contributed by atoms with E-state index >= 15 is 0 Å². The van der Waals surface area contributed by atoms with Gasteiger partial charge in [0.05, 0.1) is 5.03 Å². The number of unbranched alkanes of at least 4 members (excludes halogenated alkanes) is 2. The molecule has 0 aliphatic heterocycles. The van der Waals surface area contributed by atoms with Crippen molar-refractivity contribution in [2.24, 2.45) is 0 Å². The third kappa shape index (κ3) is 2.86. The summed E-state index contributed by atoms with van der Waals surface area (Å²) in [5, 5.41) is 4.23. The Kier molecular flexibility index (Phi) is 4.55. The highest BCUT2D eigenvalue weighted by Gasteiger charge is 2.08. The number of fused-ring (bicyclic) bond motifs is 1. The summed E-state index contributed by atoms with van der Waals surface area (Å²) in [7, 11) is 0. The number of benzene rings is 1. The van der Waals surface area contributed by atoms with Gasteiger partial charge in [0.25, 0.3) is 0 Å². The molecule has 0 radical (unpaired) electrons. The molecule has 0 amide bonds. The number of hydrogen-bond donors (Lipinski definition) is 0. The zero-order valence-electron chi connectivity index (χ0n) is 10.8. The van der Waals surface area contributed by atoms with E-state index in [1.807, 2.05) is 11.8 Å². The van der Waals surface area contributed by atoms with E-state index in [1.165, 1.54) is 35.1 Å². The summed E-state index contributed by atoms with van der Waals surface area (Å²) in [6, 6.07) is 8.71. The van der Waals surface area contributed by atoms with Gasteiger partial charge in [0.1, 0.15) is 0 Å². The second-order valence-corrected chi connectivity index (χ2v) is 5.61. The maximum absolute atomic E-state index is 2.44. The summed E-state index contributed by atoms with van der Waals surface area (Å²) in [4.78, 5) is 0. The standard InChI is InChI=1S/C15H21NS/c1-3-5-8-11-16-12-13-9-6-7-10-14(13)15(16)17-4-2/h6-7,9-10,12H,3-5,8,11H2,1-2H3. The Hall–Kier alpha value is -0.890. The Morgan fingerprint density at radius 3 is 2.71 bits per heavy atom. The van der Waals surface area contributed by atoms with Crippen molar-refractivity contribution >= 4 is 22.5 Å². The molecule has 0 N–H and O–H groups in total. The topological polar surface area (TPSA) is 4.93 Å². The van der Waals surface area contributed by atoms with Gasteiger partial charge in [-0.25, -0.2) is 0 Å². The molecule has 0 saturated carbocycles. The van der Waals surface area contributed by atoms with Gasteiger partial charge in [-0.1, -0.05) is 51.0 Å². The molecule has 2 rings (SSSR count). The minimum atomic E-state index is 1.14. The van der Waals surface area contributed by atoms with Crippen LogP contribution in [-0.2, 0) is 6.54 Å². The second-order valence-electron chi connectivity index (χ2n) is 4.36. The predicted molar refractivity (Wildman–Crippen MR) is 77.9 cm³/mol. The predicted octanol–water partition coefficient (Wildman–Crippen LogP) is 4.94. The Labute approximate surface area is 108 Å². The molecule has 1 nitrogen and oxygen atoms in total. The summed E-state index contributed by atoms with van der Waals surface area (Å²) in [6.07, 6.45) is 6.21. The van der Waals surface area contributed by atoms with E-state index in [1.54, 1.807) is 0 Å². The Morgan fingerprint density at radius 2 is 1.94 bits per heavy atom. The van der Waals surface area contributed by atoms with E-state index < -0.39 is 0 Å². The van der Waals surface area contributed by atoms with Crippen LogP contribution in [0, 0.1) is 0 Å². The van der Waals surface area contributed by atoms with Crippen LogP contribution in [0.4, 0.5) is 0 Å². The number of hydrogen-bond acceptors (Lipinski definition) is 1. The SMILES string of the molecule is CCCCCn1cc2ccccc2c1SCC. The van der Waals surface area contributed by atoms with Gasteiger partial charge in [-0.3, -0.25) is 0 Å². The van der Waals surface area contributed by atoms with Crippen LogP contribution in [0.1, 0.15) is 33.1 Å². The number of nitrogens with zero attached hydrogens (tertiary/aromatic N) is 1. The minimum absolute atomic E-state index is 1.14. The molecule has 0 aliphatic rings. The molecule has 0 spiro atoms. The third-order valence-corrected chi connectivity index (χ3v) is 4.05. The smallest absolute Gasteiger partial charge is 0.0827 e. The fourth-order valence-corrected chi connectivity index (χ4v) is 3.11. The van der Waals surface area contributed by atoms with Crippen LogP contribution in [0.5, 0.6) is 0 Å². The fraction of sp³-hybridized carbons (Fsp3) is 0.467. The van der Waals surface area contributed by atoms with Gasteiger partial charge in [-0.2, -0.15) is 0 Å². The lowest BCUT2D eigenvalue weighted by atomic mass is 10.2. The van der Waals surface area contributed by atoms with Gasteiger partial charge in [0, 0.05) is 23.5 Å². The average Bonchev–Trinajstić information content (AvgIpc) is 2.69. The first-order valence-corrected chi connectivity index (χ1v) is 7.56. The highest BCUT2D eigenvalue weighted by Crippen LogP contribution is 2.30. The molecular formula is C15H21NS.